The Bertz CT molecular complexity index is 719. The van der Waals surface area contributed by atoms with Crippen molar-refractivity contribution in [2.45, 2.75) is 26.3 Å². The van der Waals surface area contributed by atoms with Crippen molar-refractivity contribution in [3.63, 3.8) is 0 Å². The normalized spacial score (nSPS) is 18.8. The first-order chi connectivity index (χ1) is 12.4. The van der Waals surface area contributed by atoms with E-state index in [4.69, 9.17) is 9.47 Å². The molecule has 1 fully saturated rings. The first-order valence-corrected chi connectivity index (χ1v) is 8.71. The Morgan fingerprint density at radius 1 is 1.23 bits per heavy atom. The second-order valence-corrected chi connectivity index (χ2v) is 6.67. The van der Waals surface area contributed by atoms with Crippen LogP contribution in [0.2, 0.25) is 0 Å². The number of fused-ring (bicyclic) bond motifs is 1. The van der Waals surface area contributed by atoms with Crippen LogP contribution in [0.4, 0.5) is 5.69 Å². The van der Waals surface area contributed by atoms with Crippen molar-refractivity contribution in [3.8, 4) is 11.5 Å². The van der Waals surface area contributed by atoms with Gasteiger partial charge in [-0.1, -0.05) is 0 Å². The number of amides is 3. The molecule has 1 atom stereocenters. The van der Waals surface area contributed by atoms with Crippen LogP contribution in [-0.4, -0.2) is 50.1 Å². The van der Waals surface area contributed by atoms with Gasteiger partial charge in [0.1, 0.15) is 13.2 Å². The third kappa shape index (κ3) is 4.07. The zero-order valence-electron chi connectivity index (χ0n) is 14.9. The maximum absolute atomic E-state index is 12.3. The second-order valence-electron chi connectivity index (χ2n) is 6.67. The molecule has 3 rings (SSSR count). The molecule has 1 saturated heterocycles. The number of rotatable bonds is 5. The van der Waals surface area contributed by atoms with Gasteiger partial charge in [-0.05, 0) is 26.0 Å². The fourth-order valence-corrected chi connectivity index (χ4v) is 3.02. The fourth-order valence-electron chi connectivity index (χ4n) is 3.02. The number of nitrogens with zero attached hydrogens (tertiary/aromatic N) is 1. The van der Waals surface area contributed by atoms with Gasteiger partial charge in [-0.15, -0.1) is 0 Å². The maximum Gasteiger partial charge on any atom is 0.239 e. The molecule has 8 heteroatoms. The van der Waals surface area contributed by atoms with E-state index in [2.05, 4.69) is 10.6 Å². The molecular weight excluding hydrogens is 338 g/mol. The Kier molecular flexibility index (Phi) is 5.29. The zero-order chi connectivity index (χ0) is 18.7. The molecule has 140 valence electrons. The van der Waals surface area contributed by atoms with Gasteiger partial charge in [0.25, 0.3) is 0 Å². The van der Waals surface area contributed by atoms with E-state index in [0.29, 0.717) is 30.4 Å². The molecule has 1 aromatic rings. The van der Waals surface area contributed by atoms with Gasteiger partial charge in [0, 0.05) is 30.8 Å². The molecule has 2 N–H and O–H groups in total. The summed E-state index contributed by atoms with van der Waals surface area (Å²) in [7, 11) is 0. The highest BCUT2D eigenvalue weighted by Crippen LogP contribution is 2.35. The van der Waals surface area contributed by atoms with Crippen LogP contribution in [0.3, 0.4) is 0 Å². The number of ether oxygens (including phenoxy) is 2. The monoisotopic (exact) mass is 361 g/mol. The van der Waals surface area contributed by atoms with E-state index in [1.54, 1.807) is 23.1 Å². The number of nitrogens with one attached hydrogen (secondary N) is 2. The predicted octanol–water partition coefficient (Wildman–Crippen LogP) is 0.452. The van der Waals surface area contributed by atoms with E-state index in [9.17, 15) is 14.4 Å². The van der Waals surface area contributed by atoms with E-state index in [1.165, 1.54) is 0 Å². The molecule has 0 saturated carbocycles. The van der Waals surface area contributed by atoms with Crippen LogP contribution in [0.15, 0.2) is 18.2 Å². The summed E-state index contributed by atoms with van der Waals surface area (Å²) in [4.78, 5) is 37.8. The van der Waals surface area contributed by atoms with E-state index in [0.717, 1.165) is 0 Å². The summed E-state index contributed by atoms with van der Waals surface area (Å²) in [6.07, 6.45) is 0.117. The van der Waals surface area contributed by atoms with Crippen molar-refractivity contribution in [2.75, 3.05) is 31.2 Å². The number of hydrogen-bond acceptors (Lipinski definition) is 5. The van der Waals surface area contributed by atoms with Crippen molar-refractivity contribution in [1.82, 2.24) is 10.6 Å². The van der Waals surface area contributed by atoms with Crippen LogP contribution in [0, 0.1) is 5.92 Å². The fraction of sp³-hybridized carbons (Fsp3) is 0.500. The summed E-state index contributed by atoms with van der Waals surface area (Å²) in [5.74, 6) is 0.0894. The number of carbonyl (C=O) groups is 3. The minimum Gasteiger partial charge on any atom is -0.486 e. The number of hydrogen-bond donors (Lipinski definition) is 2. The largest absolute Gasteiger partial charge is 0.486 e. The highest BCUT2D eigenvalue weighted by Gasteiger charge is 2.35. The lowest BCUT2D eigenvalue weighted by atomic mass is 10.1. The zero-order valence-corrected chi connectivity index (χ0v) is 14.9. The molecule has 8 nitrogen and oxygen atoms in total. The van der Waals surface area contributed by atoms with Gasteiger partial charge in [0.05, 0.1) is 12.5 Å². The maximum atomic E-state index is 12.3. The van der Waals surface area contributed by atoms with Gasteiger partial charge < -0.3 is 25.0 Å². The van der Waals surface area contributed by atoms with E-state index in [-0.39, 0.29) is 43.3 Å². The topological polar surface area (TPSA) is 97.0 Å². The lowest BCUT2D eigenvalue weighted by molar-refractivity contribution is -0.129. The van der Waals surface area contributed by atoms with E-state index in [1.807, 2.05) is 13.8 Å². The van der Waals surface area contributed by atoms with Crippen LogP contribution < -0.4 is 25.0 Å². The SMILES string of the molecule is CC(C)NC(=O)CNC(=O)C1CC(=O)N(c2ccc3c(c2)OCCO3)C1. The Morgan fingerprint density at radius 2 is 1.96 bits per heavy atom. The molecule has 0 bridgehead atoms. The summed E-state index contributed by atoms with van der Waals surface area (Å²) in [6, 6.07) is 5.31. The van der Waals surface area contributed by atoms with Crippen LogP contribution in [0.1, 0.15) is 20.3 Å². The van der Waals surface area contributed by atoms with Crippen molar-refractivity contribution >= 4 is 23.4 Å². The average molecular weight is 361 g/mol. The minimum absolute atomic E-state index is 0.0122. The van der Waals surface area contributed by atoms with Crippen LogP contribution in [-0.2, 0) is 14.4 Å². The van der Waals surface area contributed by atoms with Gasteiger partial charge in [-0.3, -0.25) is 14.4 Å². The Labute approximate surface area is 151 Å². The van der Waals surface area contributed by atoms with Crippen molar-refractivity contribution in [3.05, 3.63) is 18.2 Å². The number of benzene rings is 1. The summed E-state index contributed by atoms with van der Waals surface area (Å²) < 4.78 is 11.0. The quantitative estimate of drug-likeness (QED) is 0.794. The standard InChI is InChI=1S/C18H23N3O5/c1-11(2)20-16(22)9-19-18(24)12-7-17(23)21(10-12)13-3-4-14-15(8-13)26-6-5-25-14/h3-4,8,11-12H,5-7,9-10H2,1-2H3,(H,19,24)(H,20,22). The van der Waals surface area contributed by atoms with Gasteiger partial charge in [0.15, 0.2) is 11.5 Å². The third-order valence-electron chi connectivity index (χ3n) is 4.21. The van der Waals surface area contributed by atoms with Crippen molar-refractivity contribution < 1.29 is 23.9 Å². The molecule has 2 aliphatic heterocycles. The number of carbonyl (C=O) groups excluding carboxylic acids is 3. The molecule has 2 heterocycles. The van der Waals surface area contributed by atoms with Crippen LogP contribution in [0.5, 0.6) is 11.5 Å². The van der Waals surface area contributed by atoms with E-state index >= 15 is 0 Å². The van der Waals surface area contributed by atoms with Gasteiger partial charge in [-0.25, -0.2) is 0 Å². The van der Waals surface area contributed by atoms with Gasteiger partial charge in [-0.2, -0.15) is 0 Å². The van der Waals surface area contributed by atoms with E-state index < -0.39 is 5.92 Å². The van der Waals surface area contributed by atoms with Gasteiger partial charge in [0.2, 0.25) is 17.7 Å². The molecule has 26 heavy (non-hydrogen) atoms. The summed E-state index contributed by atoms with van der Waals surface area (Å²) >= 11 is 0. The first kappa shape index (κ1) is 18.0. The van der Waals surface area contributed by atoms with Crippen molar-refractivity contribution in [1.29, 1.82) is 0 Å². The van der Waals surface area contributed by atoms with Crippen LogP contribution >= 0.6 is 0 Å². The lowest BCUT2D eigenvalue weighted by Gasteiger charge is -2.22. The molecule has 0 spiro atoms. The van der Waals surface area contributed by atoms with Crippen LogP contribution in [0.25, 0.3) is 0 Å². The second kappa shape index (κ2) is 7.63. The highest BCUT2D eigenvalue weighted by molar-refractivity contribution is 6.01. The highest BCUT2D eigenvalue weighted by atomic mass is 16.6. The summed E-state index contributed by atoms with van der Waals surface area (Å²) in [6.45, 7) is 4.85. The summed E-state index contributed by atoms with van der Waals surface area (Å²) in [5.41, 5.74) is 0.673. The Hall–Kier alpha value is -2.77. The molecule has 2 aliphatic rings. The summed E-state index contributed by atoms with van der Waals surface area (Å²) in [5, 5.41) is 5.30. The molecular formula is C18H23N3O5. The molecule has 0 aromatic heterocycles. The Morgan fingerprint density at radius 3 is 2.69 bits per heavy atom. The lowest BCUT2D eigenvalue weighted by Crippen LogP contribution is -2.42. The Balaban J connectivity index is 1.60. The molecule has 1 unspecified atom stereocenters. The average Bonchev–Trinajstić information content (AvgIpc) is 3.00. The molecule has 1 aromatic carbocycles. The molecule has 0 radical (unpaired) electrons. The predicted molar refractivity (Wildman–Crippen MR) is 94.2 cm³/mol. The smallest absolute Gasteiger partial charge is 0.239 e. The first-order valence-electron chi connectivity index (χ1n) is 8.71. The van der Waals surface area contributed by atoms with Crippen molar-refractivity contribution in [2.24, 2.45) is 5.92 Å². The van der Waals surface area contributed by atoms with Gasteiger partial charge >= 0.3 is 0 Å². The third-order valence-corrected chi connectivity index (χ3v) is 4.21. The minimum atomic E-state index is -0.484. The molecule has 3 amide bonds. The number of anilines is 1. The molecule has 0 aliphatic carbocycles.